The summed E-state index contributed by atoms with van der Waals surface area (Å²) in [7, 11) is 0. The van der Waals surface area contributed by atoms with Crippen LogP contribution in [0.1, 0.15) is 73.1 Å². The van der Waals surface area contributed by atoms with Crippen LogP contribution in [0.3, 0.4) is 0 Å². The zero-order valence-corrected chi connectivity index (χ0v) is 14.9. The molecule has 0 saturated carbocycles. The minimum absolute atomic E-state index is 0.00238. The molecule has 21 heavy (non-hydrogen) atoms. The second kappa shape index (κ2) is 6.17. The molecule has 0 aromatic rings. The van der Waals surface area contributed by atoms with E-state index in [1.54, 1.807) is 0 Å². The van der Waals surface area contributed by atoms with Crippen LogP contribution < -0.4 is 5.73 Å². The Labute approximate surface area is 131 Å². The van der Waals surface area contributed by atoms with Gasteiger partial charge in [0.2, 0.25) is 0 Å². The molecule has 2 N–H and O–H groups in total. The van der Waals surface area contributed by atoms with Gasteiger partial charge >= 0.3 is 0 Å². The molecule has 2 atom stereocenters. The molecule has 2 saturated heterocycles. The van der Waals surface area contributed by atoms with E-state index in [1.165, 1.54) is 45.2 Å². The first kappa shape index (κ1) is 17.2. The van der Waals surface area contributed by atoms with E-state index in [-0.39, 0.29) is 16.7 Å². The van der Waals surface area contributed by atoms with Crippen LogP contribution in [0.5, 0.6) is 0 Å². The third-order valence-electron chi connectivity index (χ3n) is 5.86. The highest BCUT2D eigenvalue weighted by molar-refractivity contribution is 5.13. The monoisotopic (exact) mass is 296 g/mol. The van der Waals surface area contributed by atoms with E-state index in [0.717, 1.165) is 12.3 Å². The van der Waals surface area contributed by atoms with Gasteiger partial charge in [-0.05, 0) is 72.4 Å². The molecular weight excluding hydrogens is 260 g/mol. The van der Waals surface area contributed by atoms with E-state index in [0.29, 0.717) is 6.54 Å². The molecular formula is C18H36N2O. The Morgan fingerprint density at radius 1 is 1.14 bits per heavy atom. The maximum atomic E-state index is 6.39. The van der Waals surface area contributed by atoms with Gasteiger partial charge in [-0.15, -0.1) is 0 Å². The third-order valence-corrected chi connectivity index (χ3v) is 5.86. The predicted octanol–water partition coefficient (Wildman–Crippen LogP) is 3.56. The van der Waals surface area contributed by atoms with Crippen molar-refractivity contribution in [3.8, 4) is 0 Å². The van der Waals surface area contributed by atoms with Gasteiger partial charge in [-0.1, -0.05) is 19.8 Å². The molecule has 0 radical (unpaired) electrons. The summed E-state index contributed by atoms with van der Waals surface area (Å²) in [6.07, 6.45) is 7.76. The Hall–Kier alpha value is -0.120. The summed E-state index contributed by atoms with van der Waals surface area (Å²) in [4.78, 5) is 2.68. The highest BCUT2D eigenvalue weighted by Gasteiger charge is 2.59. The lowest BCUT2D eigenvalue weighted by Gasteiger charge is -2.47. The number of hydrogen-bond acceptors (Lipinski definition) is 3. The van der Waals surface area contributed by atoms with Gasteiger partial charge in [-0.25, -0.2) is 0 Å². The molecule has 3 nitrogen and oxygen atoms in total. The van der Waals surface area contributed by atoms with Gasteiger partial charge in [-0.3, -0.25) is 4.90 Å². The molecule has 124 valence electrons. The summed E-state index contributed by atoms with van der Waals surface area (Å²) in [6.45, 7) is 14.3. The summed E-state index contributed by atoms with van der Waals surface area (Å²) in [5, 5.41) is 0. The minimum Gasteiger partial charge on any atom is -0.368 e. The van der Waals surface area contributed by atoms with Crippen molar-refractivity contribution in [2.24, 2.45) is 11.7 Å². The molecule has 0 bridgehead atoms. The van der Waals surface area contributed by atoms with Crippen molar-refractivity contribution in [3.63, 3.8) is 0 Å². The van der Waals surface area contributed by atoms with Crippen LogP contribution in [-0.2, 0) is 4.74 Å². The van der Waals surface area contributed by atoms with Crippen LogP contribution in [0, 0.1) is 5.92 Å². The van der Waals surface area contributed by atoms with Crippen molar-refractivity contribution >= 4 is 0 Å². The fourth-order valence-electron chi connectivity index (χ4n) is 4.97. The molecule has 3 heteroatoms. The van der Waals surface area contributed by atoms with Gasteiger partial charge in [0.1, 0.15) is 0 Å². The zero-order chi connectivity index (χ0) is 15.7. The largest absolute Gasteiger partial charge is 0.368 e. The summed E-state index contributed by atoms with van der Waals surface area (Å²) >= 11 is 0. The number of rotatable bonds is 4. The van der Waals surface area contributed by atoms with Crippen LogP contribution >= 0.6 is 0 Å². The zero-order valence-electron chi connectivity index (χ0n) is 14.9. The Balaban J connectivity index is 2.17. The van der Waals surface area contributed by atoms with Crippen molar-refractivity contribution < 1.29 is 4.74 Å². The Morgan fingerprint density at radius 3 is 2.38 bits per heavy atom. The van der Waals surface area contributed by atoms with Gasteiger partial charge in [0, 0.05) is 6.54 Å². The molecule has 2 rings (SSSR count). The second-order valence-corrected chi connectivity index (χ2v) is 8.36. The molecule has 2 aliphatic heterocycles. The lowest BCUT2D eigenvalue weighted by molar-refractivity contribution is -0.104. The lowest BCUT2D eigenvalue weighted by Crippen LogP contribution is -2.63. The highest BCUT2D eigenvalue weighted by Crippen LogP contribution is 2.48. The quantitative estimate of drug-likeness (QED) is 0.862. The molecule has 2 unspecified atom stereocenters. The lowest BCUT2D eigenvalue weighted by atomic mass is 9.77. The number of nitrogens with zero attached hydrogens (tertiary/aromatic N) is 1. The first-order valence-electron chi connectivity index (χ1n) is 8.92. The maximum absolute atomic E-state index is 6.39. The second-order valence-electron chi connectivity index (χ2n) is 8.36. The van der Waals surface area contributed by atoms with Crippen LogP contribution in [0.15, 0.2) is 0 Å². The van der Waals surface area contributed by atoms with E-state index >= 15 is 0 Å². The van der Waals surface area contributed by atoms with Gasteiger partial charge in [0.05, 0.1) is 16.7 Å². The maximum Gasteiger partial charge on any atom is 0.0830 e. The third kappa shape index (κ3) is 3.30. The van der Waals surface area contributed by atoms with Crippen molar-refractivity contribution in [3.05, 3.63) is 0 Å². The van der Waals surface area contributed by atoms with E-state index in [4.69, 9.17) is 10.5 Å². The fraction of sp³-hybridized carbons (Fsp3) is 1.00. The highest BCUT2D eigenvalue weighted by atomic mass is 16.5. The van der Waals surface area contributed by atoms with Crippen LogP contribution in [0.2, 0.25) is 0 Å². The van der Waals surface area contributed by atoms with E-state index in [9.17, 15) is 0 Å². The molecule has 2 aliphatic rings. The minimum atomic E-state index is -0.171. The first-order chi connectivity index (χ1) is 9.76. The molecule has 2 heterocycles. The molecule has 0 aliphatic carbocycles. The van der Waals surface area contributed by atoms with Crippen LogP contribution in [-0.4, -0.2) is 41.3 Å². The number of ether oxygens (including phenoxy) is 1. The van der Waals surface area contributed by atoms with E-state index < -0.39 is 0 Å². The van der Waals surface area contributed by atoms with Crippen molar-refractivity contribution in [1.82, 2.24) is 4.90 Å². The van der Waals surface area contributed by atoms with Crippen LogP contribution in [0.4, 0.5) is 0 Å². The smallest absolute Gasteiger partial charge is 0.0830 e. The molecule has 0 aromatic heterocycles. The molecule has 0 spiro atoms. The topological polar surface area (TPSA) is 38.5 Å². The summed E-state index contributed by atoms with van der Waals surface area (Å²) in [6, 6.07) is 0. The van der Waals surface area contributed by atoms with Gasteiger partial charge in [0.15, 0.2) is 0 Å². The van der Waals surface area contributed by atoms with Gasteiger partial charge < -0.3 is 10.5 Å². The molecule has 0 aromatic carbocycles. The number of hydrogen-bond donors (Lipinski definition) is 1. The Kier molecular flexibility index (Phi) is 5.07. The standard InChI is InChI=1S/C18H36N2O/c1-6-8-15-9-7-11-20(12-10-15)18(14-19)13-16(2,3)21-17(18,4)5/h15H,6-14,19H2,1-5H3. The van der Waals surface area contributed by atoms with Crippen molar-refractivity contribution in [1.29, 1.82) is 0 Å². The normalized spacial score (nSPS) is 36.6. The van der Waals surface area contributed by atoms with Crippen molar-refractivity contribution in [2.75, 3.05) is 19.6 Å². The summed E-state index contributed by atoms with van der Waals surface area (Å²) < 4.78 is 6.39. The molecule has 2 fully saturated rings. The molecule has 0 amide bonds. The number of likely N-dealkylation sites (tertiary alicyclic amines) is 1. The number of nitrogens with two attached hydrogens (primary N) is 1. The van der Waals surface area contributed by atoms with Crippen LogP contribution in [0.25, 0.3) is 0 Å². The summed E-state index contributed by atoms with van der Waals surface area (Å²) in [5.74, 6) is 0.910. The average molecular weight is 296 g/mol. The first-order valence-corrected chi connectivity index (χ1v) is 8.92. The summed E-state index contributed by atoms with van der Waals surface area (Å²) in [5.41, 5.74) is 6.07. The van der Waals surface area contributed by atoms with Crippen molar-refractivity contribution in [2.45, 2.75) is 89.9 Å². The van der Waals surface area contributed by atoms with E-state index in [2.05, 4.69) is 39.5 Å². The predicted molar refractivity (Wildman–Crippen MR) is 89.5 cm³/mol. The van der Waals surface area contributed by atoms with E-state index in [1.807, 2.05) is 0 Å². The SMILES string of the molecule is CCCC1CCCN(C2(CN)CC(C)(C)OC2(C)C)CC1. The van der Waals surface area contributed by atoms with Gasteiger partial charge in [-0.2, -0.15) is 0 Å². The van der Waals surface area contributed by atoms with Gasteiger partial charge in [0.25, 0.3) is 0 Å². The fourth-order valence-corrected chi connectivity index (χ4v) is 4.97. The Morgan fingerprint density at radius 2 is 1.86 bits per heavy atom. The Bertz CT molecular complexity index is 353. The average Bonchev–Trinajstić information content (AvgIpc) is 2.55.